The van der Waals surface area contributed by atoms with Crippen molar-refractivity contribution in [2.75, 3.05) is 13.1 Å². The molecule has 1 amide bonds. The Balaban J connectivity index is 1.97. The minimum absolute atomic E-state index is 0.223. The van der Waals surface area contributed by atoms with E-state index in [-0.39, 0.29) is 12.2 Å². The molecular weight excluding hydrogens is 122 g/mol. The molecule has 0 aliphatic carbocycles. The van der Waals surface area contributed by atoms with Crippen molar-refractivity contribution in [2.24, 2.45) is 0 Å². The number of epoxide rings is 1. The highest BCUT2D eigenvalue weighted by molar-refractivity contribution is 5.65. The smallest absolute Gasteiger partial charge is 0.407 e. The van der Waals surface area contributed by atoms with E-state index in [1.807, 2.05) is 0 Å². The van der Waals surface area contributed by atoms with Crippen molar-refractivity contribution in [3.63, 3.8) is 0 Å². The van der Waals surface area contributed by atoms with Gasteiger partial charge in [-0.3, -0.25) is 0 Å². The number of carbonyl (C=O) groups is 1. The number of ether oxygens (including phenoxy) is 1. The average molecular weight is 129 g/mol. The fourth-order valence-corrected chi connectivity index (χ4v) is 1.17. The largest absolute Gasteiger partial charge is 0.465 e. The first-order valence-electron chi connectivity index (χ1n) is 2.91. The Kier molecular flexibility index (Phi) is 0.778. The third-order valence-corrected chi connectivity index (χ3v) is 1.76. The first-order chi connectivity index (χ1) is 4.27. The molecule has 9 heavy (non-hydrogen) atoms. The van der Waals surface area contributed by atoms with E-state index < -0.39 is 6.09 Å². The minimum Gasteiger partial charge on any atom is -0.465 e. The highest BCUT2D eigenvalue weighted by atomic mass is 16.6. The second-order valence-electron chi connectivity index (χ2n) is 2.40. The van der Waals surface area contributed by atoms with Crippen LogP contribution in [-0.4, -0.2) is 41.4 Å². The van der Waals surface area contributed by atoms with E-state index in [1.165, 1.54) is 4.90 Å². The van der Waals surface area contributed by atoms with Crippen LogP contribution >= 0.6 is 0 Å². The third-order valence-electron chi connectivity index (χ3n) is 1.76. The predicted molar refractivity (Wildman–Crippen MR) is 28.3 cm³/mol. The van der Waals surface area contributed by atoms with Crippen molar-refractivity contribution in [1.82, 2.24) is 4.90 Å². The molecule has 2 aliphatic rings. The SMILES string of the molecule is O=C(O)N1C[C@@H]2O[C@@H]2C1. The van der Waals surface area contributed by atoms with Crippen LogP contribution in [-0.2, 0) is 4.74 Å². The molecule has 1 N–H and O–H groups in total. The Labute approximate surface area is 52.0 Å². The van der Waals surface area contributed by atoms with Crippen LogP contribution < -0.4 is 0 Å². The minimum atomic E-state index is -0.828. The summed E-state index contributed by atoms with van der Waals surface area (Å²) < 4.78 is 5.03. The van der Waals surface area contributed by atoms with E-state index in [0.717, 1.165) is 0 Å². The van der Waals surface area contributed by atoms with Crippen LogP contribution in [0.15, 0.2) is 0 Å². The van der Waals surface area contributed by atoms with E-state index >= 15 is 0 Å². The first kappa shape index (κ1) is 5.05. The lowest BCUT2D eigenvalue weighted by atomic mass is 10.4. The summed E-state index contributed by atoms with van der Waals surface area (Å²) in [5.74, 6) is 0. The summed E-state index contributed by atoms with van der Waals surface area (Å²) in [7, 11) is 0. The van der Waals surface area contributed by atoms with E-state index in [4.69, 9.17) is 9.84 Å². The van der Waals surface area contributed by atoms with Gasteiger partial charge in [-0.25, -0.2) is 4.79 Å². The van der Waals surface area contributed by atoms with Gasteiger partial charge in [0.25, 0.3) is 0 Å². The van der Waals surface area contributed by atoms with Gasteiger partial charge in [-0.2, -0.15) is 0 Å². The van der Waals surface area contributed by atoms with Gasteiger partial charge < -0.3 is 14.7 Å². The Morgan fingerprint density at radius 3 is 2.44 bits per heavy atom. The van der Waals surface area contributed by atoms with Crippen molar-refractivity contribution < 1.29 is 14.6 Å². The van der Waals surface area contributed by atoms with E-state index in [2.05, 4.69) is 0 Å². The van der Waals surface area contributed by atoms with Gasteiger partial charge in [0.1, 0.15) is 12.2 Å². The molecule has 0 aromatic carbocycles. The van der Waals surface area contributed by atoms with Crippen LogP contribution in [0.1, 0.15) is 0 Å². The number of amides is 1. The van der Waals surface area contributed by atoms with E-state index in [9.17, 15) is 4.79 Å². The molecule has 0 bridgehead atoms. The molecule has 2 fully saturated rings. The molecule has 4 heteroatoms. The summed E-state index contributed by atoms with van der Waals surface area (Å²) in [6, 6.07) is 0. The molecule has 2 heterocycles. The molecule has 0 aromatic rings. The van der Waals surface area contributed by atoms with Gasteiger partial charge in [0, 0.05) is 0 Å². The number of hydrogen-bond donors (Lipinski definition) is 1. The summed E-state index contributed by atoms with van der Waals surface area (Å²) in [6.45, 7) is 1.14. The normalized spacial score (nSPS) is 38.4. The Bertz CT molecular complexity index is 148. The van der Waals surface area contributed by atoms with Crippen LogP contribution in [0.3, 0.4) is 0 Å². The summed E-state index contributed by atoms with van der Waals surface area (Å²) in [6.07, 6.45) is -0.381. The topological polar surface area (TPSA) is 53.1 Å². The third kappa shape index (κ3) is 0.666. The Morgan fingerprint density at radius 1 is 1.56 bits per heavy atom. The maximum atomic E-state index is 10.2. The van der Waals surface area contributed by atoms with Gasteiger partial charge in [0.15, 0.2) is 0 Å². The van der Waals surface area contributed by atoms with Gasteiger partial charge >= 0.3 is 6.09 Å². The summed E-state index contributed by atoms with van der Waals surface area (Å²) >= 11 is 0. The fraction of sp³-hybridized carbons (Fsp3) is 0.800. The maximum Gasteiger partial charge on any atom is 0.407 e. The van der Waals surface area contributed by atoms with Crippen LogP contribution in [0.4, 0.5) is 4.79 Å². The highest BCUT2D eigenvalue weighted by Gasteiger charge is 2.48. The monoisotopic (exact) mass is 129 g/mol. The van der Waals surface area contributed by atoms with Crippen molar-refractivity contribution in [3.8, 4) is 0 Å². The number of fused-ring (bicyclic) bond motifs is 1. The Morgan fingerprint density at radius 2 is 2.11 bits per heavy atom. The number of likely N-dealkylation sites (tertiary alicyclic amines) is 1. The quantitative estimate of drug-likeness (QED) is 0.459. The number of carboxylic acid groups (broad SMARTS) is 1. The number of nitrogens with zero attached hydrogens (tertiary/aromatic N) is 1. The zero-order valence-electron chi connectivity index (χ0n) is 4.78. The van der Waals surface area contributed by atoms with Gasteiger partial charge in [-0.05, 0) is 0 Å². The molecular formula is C5H7NO3. The van der Waals surface area contributed by atoms with Crippen LogP contribution in [0, 0.1) is 0 Å². The number of rotatable bonds is 0. The summed E-state index contributed by atoms with van der Waals surface area (Å²) in [5, 5.41) is 8.42. The summed E-state index contributed by atoms with van der Waals surface area (Å²) in [4.78, 5) is 11.6. The van der Waals surface area contributed by atoms with E-state index in [0.29, 0.717) is 13.1 Å². The molecule has 0 saturated carbocycles. The van der Waals surface area contributed by atoms with Gasteiger partial charge in [-0.15, -0.1) is 0 Å². The first-order valence-corrected chi connectivity index (χ1v) is 2.91. The van der Waals surface area contributed by atoms with Crippen molar-refractivity contribution in [1.29, 1.82) is 0 Å². The zero-order chi connectivity index (χ0) is 6.43. The molecule has 0 spiro atoms. The van der Waals surface area contributed by atoms with Gasteiger partial charge in [0.2, 0.25) is 0 Å². The molecule has 0 aromatic heterocycles. The van der Waals surface area contributed by atoms with Crippen molar-refractivity contribution in [3.05, 3.63) is 0 Å². The lowest BCUT2D eigenvalue weighted by Gasteiger charge is -2.11. The molecule has 2 rings (SSSR count). The maximum absolute atomic E-state index is 10.2. The highest BCUT2D eigenvalue weighted by Crippen LogP contribution is 2.30. The standard InChI is InChI=1S/C5H7NO3/c7-5(8)6-1-3-4(2-6)9-3/h3-4H,1-2H2,(H,7,8)/t3-,4+. The van der Waals surface area contributed by atoms with Gasteiger partial charge in [-0.1, -0.05) is 0 Å². The molecule has 0 unspecified atom stereocenters. The second-order valence-corrected chi connectivity index (χ2v) is 2.40. The van der Waals surface area contributed by atoms with Crippen LogP contribution in [0.2, 0.25) is 0 Å². The van der Waals surface area contributed by atoms with Crippen molar-refractivity contribution >= 4 is 6.09 Å². The van der Waals surface area contributed by atoms with Crippen molar-refractivity contribution in [2.45, 2.75) is 12.2 Å². The molecule has 2 aliphatic heterocycles. The fourth-order valence-electron chi connectivity index (χ4n) is 1.17. The van der Waals surface area contributed by atoms with Crippen LogP contribution in [0.25, 0.3) is 0 Å². The van der Waals surface area contributed by atoms with E-state index in [1.54, 1.807) is 0 Å². The second kappa shape index (κ2) is 1.39. The lowest BCUT2D eigenvalue weighted by molar-refractivity contribution is 0.134. The average Bonchev–Trinajstić information content (AvgIpc) is 2.40. The predicted octanol–water partition coefficient (Wildman–Crippen LogP) is -0.253. The van der Waals surface area contributed by atoms with Crippen LogP contribution in [0.5, 0.6) is 0 Å². The molecule has 0 radical (unpaired) electrons. The number of hydrogen-bond acceptors (Lipinski definition) is 2. The molecule has 2 saturated heterocycles. The number of morpholine rings is 1. The van der Waals surface area contributed by atoms with Gasteiger partial charge in [0.05, 0.1) is 13.1 Å². The zero-order valence-corrected chi connectivity index (χ0v) is 4.78. The lowest BCUT2D eigenvalue weighted by Crippen LogP contribution is -2.29. The molecule has 2 atom stereocenters. The Hall–Kier alpha value is -0.770. The molecule has 4 nitrogen and oxygen atoms in total. The summed E-state index contributed by atoms with van der Waals surface area (Å²) in [5.41, 5.74) is 0. The molecule has 50 valence electrons.